The van der Waals surface area contributed by atoms with Gasteiger partial charge >= 0.3 is 5.97 Å². The van der Waals surface area contributed by atoms with Gasteiger partial charge in [-0.2, -0.15) is 4.98 Å². The smallest absolute Gasteiger partial charge is 0.342 e. The van der Waals surface area contributed by atoms with Crippen LogP contribution in [0, 0.1) is 6.92 Å². The van der Waals surface area contributed by atoms with Gasteiger partial charge in [-0.15, -0.1) is 0 Å². The number of benzene rings is 2. The third-order valence-electron chi connectivity index (χ3n) is 4.11. The molecule has 28 heavy (non-hydrogen) atoms. The molecule has 0 amide bonds. The van der Waals surface area contributed by atoms with E-state index in [1.54, 1.807) is 6.07 Å². The summed E-state index contributed by atoms with van der Waals surface area (Å²) in [7, 11) is 4.42. The molecule has 1 heterocycles. The van der Waals surface area contributed by atoms with Crippen LogP contribution in [0.2, 0.25) is 0 Å². The van der Waals surface area contributed by atoms with Gasteiger partial charge in [0.25, 0.3) is 5.89 Å². The van der Waals surface area contributed by atoms with E-state index < -0.39 is 5.97 Å². The third kappa shape index (κ3) is 3.90. The lowest BCUT2D eigenvalue weighted by atomic mass is 10.1. The second kappa shape index (κ2) is 8.43. The molecule has 0 aliphatic rings. The molecule has 146 valence electrons. The predicted molar refractivity (Wildman–Crippen MR) is 99.7 cm³/mol. The highest BCUT2D eigenvalue weighted by Gasteiger charge is 2.20. The summed E-state index contributed by atoms with van der Waals surface area (Å²) in [6.07, 6.45) is 0. The number of esters is 1. The van der Waals surface area contributed by atoms with E-state index in [4.69, 9.17) is 23.5 Å². The molecular formula is C20H20N2O6. The van der Waals surface area contributed by atoms with Crippen molar-refractivity contribution in [3.63, 3.8) is 0 Å². The van der Waals surface area contributed by atoms with Gasteiger partial charge in [-0.3, -0.25) is 0 Å². The van der Waals surface area contributed by atoms with Crippen LogP contribution in [-0.2, 0) is 11.3 Å². The third-order valence-corrected chi connectivity index (χ3v) is 4.11. The molecule has 0 saturated heterocycles. The maximum atomic E-state index is 12.5. The summed E-state index contributed by atoms with van der Waals surface area (Å²) in [5, 5.41) is 3.94. The van der Waals surface area contributed by atoms with Gasteiger partial charge in [0.2, 0.25) is 5.82 Å². The highest BCUT2D eigenvalue weighted by Crippen LogP contribution is 2.35. The number of nitrogens with zero attached hydrogens (tertiary/aromatic N) is 2. The summed E-state index contributed by atoms with van der Waals surface area (Å²) in [4.78, 5) is 16.8. The van der Waals surface area contributed by atoms with Crippen molar-refractivity contribution in [3.8, 4) is 28.6 Å². The zero-order valence-corrected chi connectivity index (χ0v) is 16.0. The average Bonchev–Trinajstić information content (AvgIpc) is 3.20. The van der Waals surface area contributed by atoms with Crippen LogP contribution in [0.5, 0.6) is 17.2 Å². The molecule has 3 rings (SSSR count). The van der Waals surface area contributed by atoms with Crippen LogP contribution in [0.3, 0.4) is 0 Å². The lowest BCUT2D eigenvalue weighted by Gasteiger charge is -2.13. The summed E-state index contributed by atoms with van der Waals surface area (Å²) in [6.45, 7) is 1.78. The molecule has 0 unspecified atom stereocenters. The number of carbonyl (C=O) groups excluding carboxylic acids is 1. The van der Waals surface area contributed by atoms with Crippen LogP contribution < -0.4 is 14.2 Å². The lowest BCUT2D eigenvalue weighted by molar-refractivity contribution is 0.0425. The molecule has 0 spiro atoms. The van der Waals surface area contributed by atoms with Gasteiger partial charge in [-0.25, -0.2) is 4.79 Å². The van der Waals surface area contributed by atoms with Crippen molar-refractivity contribution in [2.24, 2.45) is 0 Å². The number of hydrogen-bond donors (Lipinski definition) is 0. The molecule has 8 heteroatoms. The monoisotopic (exact) mass is 384 g/mol. The summed E-state index contributed by atoms with van der Waals surface area (Å²) >= 11 is 0. The van der Waals surface area contributed by atoms with E-state index in [-0.39, 0.29) is 18.1 Å². The van der Waals surface area contributed by atoms with Gasteiger partial charge in [-0.1, -0.05) is 29.4 Å². The Hall–Kier alpha value is -3.55. The van der Waals surface area contributed by atoms with Crippen molar-refractivity contribution < 1.29 is 28.3 Å². The van der Waals surface area contributed by atoms with Gasteiger partial charge in [0.05, 0.1) is 21.3 Å². The summed E-state index contributed by atoms with van der Waals surface area (Å²) in [6, 6.07) is 10.7. The Bertz CT molecular complexity index is 983. The van der Waals surface area contributed by atoms with Crippen molar-refractivity contribution in [3.05, 3.63) is 53.4 Å². The number of methoxy groups -OCH3 is 3. The van der Waals surface area contributed by atoms with Crippen molar-refractivity contribution in [1.29, 1.82) is 0 Å². The average molecular weight is 384 g/mol. The van der Waals surface area contributed by atoms with Gasteiger partial charge in [0, 0.05) is 17.7 Å². The van der Waals surface area contributed by atoms with Crippen LogP contribution in [0.25, 0.3) is 11.4 Å². The molecular weight excluding hydrogens is 364 g/mol. The normalized spacial score (nSPS) is 10.4. The van der Waals surface area contributed by atoms with Crippen LogP contribution in [0.15, 0.2) is 40.9 Å². The number of hydrogen-bond acceptors (Lipinski definition) is 8. The zero-order valence-electron chi connectivity index (χ0n) is 16.0. The van der Waals surface area contributed by atoms with Crippen LogP contribution >= 0.6 is 0 Å². The second-order valence-electron chi connectivity index (χ2n) is 5.81. The standard InChI is InChI=1S/C20H20N2O6/c1-12-7-5-6-8-13(12)19-21-18(28-22-19)11-27-20(23)14-9-16(25-3)17(26-4)10-15(14)24-2/h5-10H,11H2,1-4H3. The maximum Gasteiger partial charge on any atom is 0.342 e. The molecule has 0 aliphatic carbocycles. The maximum absolute atomic E-state index is 12.5. The van der Waals surface area contributed by atoms with Gasteiger partial charge in [0.1, 0.15) is 11.3 Å². The van der Waals surface area contributed by atoms with E-state index >= 15 is 0 Å². The van der Waals surface area contributed by atoms with E-state index in [0.717, 1.165) is 11.1 Å². The lowest BCUT2D eigenvalue weighted by Crippen LogP contribution is -2.08. The molecule has 0 aliphatic heterocycles. The molecule has 0 radical (unpaired) electrons. The topological polar surface area (TPSA) is 92.9 Å². The van der Waals surface area contributed by atoms with E-state index in [9.17, 15) is 4.79 Å². The molecule has 0 N–H and O–H groups in total. The Morgan fingerprint density at radius 3 is 2.36 bits per heavy atom. The molecule has 1 aromatic heterocycles. The molecule has 0 fully saturated rings. The first kappa shape index (κ1) is 19.2. The first-order valence-electron chi connectivity index (χ1n) is 8.43. The van der Waals surface area contributed by atoms with E-state index in [1.807, 2.05) is 31.2 Å². The molecule has 0 saturated carbocycles. The number of rotatable bonds is 7. The highest BCUT2D eigenvalue weighted by molar-refractivity contribution is 5.93. The van der Waals surface area contributed by atoms with Crippen molar-refractivity contribution >= 4 is 5.97 Å². The Morgan fingerprint density at radius 2 is 1.68 bits per heavy atom. The van der Waals surface area contributed by atoms with Crippen molar-refractivity contribution in [2.75, 3.05) is 21.3 Å². The fraction of sp³-hybridized carbons (Fsp3) is 0.250. The number of aryl methyl sites for hydroxylation is 1. The highest BCUT2D eigenvalue weighted by atomic mass is 16.6. The molecule has 0 atom stereocenters. The van der Waals surface area contributed by atoms with Crippen LogP contribution in [-0.4, -0.2) is 37.4 Å². The fourth-order valence-electron chi connectivity index (χ4n) is 2.64. The molecule has 8 nitrogen and oxygen atoms in total. The van der Waals surface area contributed by atoms with E-state index in [1.165, 1.54) is 27.4 Å². The Balaban J connectivity index is 1.75. The number of ether oxygens (including phenoxy) is 4. The summed E-state index contributed by atoms with van der Waals surface area (Å²) in [5.41, 5.74) is 2.06. The number of carbonyl (C=O) groups is 1. The zero-order chi connectivity index (χ0) is 20.1. The number of aromatic nitrogens is 2. The molecule has 3 aromatic rings. The Labute approximate surface area is 162 Å². The first-order chi connectivity index (χ1) is 13.6. The molecule has 0 bridgehead atoms. The van der Waals surface area contributed by atoms with Gasteiger partial charge in [-0.05, 0) is 12.5 Å². The SMILES string of the molecule is COc1cc(OC)c(C(=O)OCc2nc(-c3ccccc3C)no2)cc1OC. The molecule has 2 aromatic carbocycles. The van der Waals surface area contributed by atoms with Crippen LogP contribution in [0.1, 0.15) is 21.8 Å². The second-order valence-corrected chi connectivity index (χ2v) is 5.81. The first-order valence-corrected chi connectivity index (χ1v) is 8.43. The van der Waals surface area contributed by atoms with E-state index in [0.29, 0.717) is 23.1 Å². The van der Waals surface area contributed by atoms with Crippen molar-refractivity contribution in [1.82, 2.24) is 10.1 Å². The minimum atomic E-state index is -0.617. The summed E-state index contributed by atoms with van der Waals surface area (Å²) < 4.78 is 26.2. The largest absolute Gasteiger partial charge is 0.496 e. The van der Waals surface area contributed by atoms with Gasteiger partial charge < -0.3 is 23.5 Å². The minimum absolute atomic E-state index is 0.171. The Kier molecular flexibility index (Phi) is 5.78. The van der Waals surface area contributed by atoms with Crippen LogP contribution in [0.4, 0.5) is 0 Å². The summed E-state index contributed by atoms with van der Waals surface area (Å²) in [5.74, 6) is 1.13. The fourth-order valence-corrected chi connectivity index (χ4v) is 2.64. The van der Waals surface area contributed by atoms with Crippen molar-refractivity contribution in [2.45, 2.75) is 13.5 Å². The minimum Gasteiger partial charge on any atom is -0.496 e. The van der Waals surface area contributed by atoms with E-state index in [2.05, 4.69) is 10.1 Å². The predicted octanol–water partition coefficient (Wildman–Crippen LogP) is 3.43. The Morgan fingerprint density at radius 1 is 1.00 bits per heavy atom. The quantitative estimate of drug-likeness (QED) is 0.572. The van der Waals surface area contributed by atoms with Gasteiger partial charge in [0.15, 0.2) is 18.1 Å².